The third-order valence-corrected chi connectivity index (χ3v) is 8.55. The van der Waals surface area contributed by atoms with Gasteiger partial charge in [0.25, 0.3) is 0 Å². The zero-order valence-electron chi connectivity index (χ0n) is 25.7. The first kappa shape index (κ1) is 31.8. The van der Waals surface area contributed by atoms with Gasteiger partial charge in [-0.1, -0.05) is 43.3 Å². The van der Waals surface area contributed by atoms with E-state index in [1.54, 1.807) is 31.4 Å². The average Bonchev–Trinajstić information content (AvgIpc) is 3.43. The quantitative estimate of drug-likeness (QED) is 0.162. The number of nitrogens with one attached hydrogen (secondary N) is 1. The van der Waals surface area contributed by atoms with Crippen LogP contribution in [0.1, 0.15) is 36.7 Å². The number of carbonyl (C=O) groups is 2. The summed E-state index contributed by atoms with van der Waals surface area (Å²) in [5, 5.41) is 3.42. The van der Waals surface area contributed by atoms with Crippen molar-refractivity contribution >= 4 is 39.3 Å². The van der Waals surface area contributed by atoms with E-state index in [9.17, 15) is 9.59 Å². The number of imidazole rings is 1. The van der Waals surface area contributed by atoms with E-state index in [4.69, 9.17) is 23.9 Å². The maximum Gasteiger partial charge on any atom is 0.410 e. The van der Waals surface area contributed by atoms with Crippen LogP contribution in [0.2, 0.25) is 0 Å². The normalized spacial score (nSPS) is 18.2. The summed E-state index contributed by atoms with van der Waals surface area (Å²) in [4.78, 5) is 36.6. The molecule has 45 heavy (non-hydrogen) atoms. The van der Waals surface area contributed by atoms with Crippen molar-refractivity contribution in [2.45, 2.75) is 44.4 Å². The molecular formula is C33H36BrN5O6. The van der Waals surface area contributed by atoms with E-state index in [0.717, 1.165) is 22.5 Å². The number of rotatable bonds is 10. The highest BCUT2D eigenvalue weighted by Crippen LogP contribution is 2.39. The van der Waals surface area contributed by atoms with Crippen LogP contribution in [-0.2, 0) is 32.8 Å². The fourth-order valence-corrected chi connectivity index (χ4v) is 6.11. The molecule has 11 nitrogen and oxygen atoms in total. The Balaban J connectivity index is 1.42. The van der Waals surface area contributed by atoms with Crippen molar-refractivity contribution in [1.29, 1.82) is 0 Å². The van der Waals surface area contributed by atoms with Crippen molar-refractivity contribution in [3.05, 3.63) is 94.6 Å². The van der Waals surface area contributed by atoms with Gasteiger partial charge in [-0.05, 0) is 46.5 Å². The summed E-state index contributed by atoms with van der Waals surface area (Å²) in [6.07, 6.45) is 7.46. The number of fused-ring (bicyclic) bond motifs is 1. The second-order valence-electron chi connectivity index (χ2n) is 11.0. The van der Waals surface area contributed by atoms with E-state index >= 15 is 0 Å². The minimum absolute atomic E-state index is 0.137. The first-order chi connectivity index (χ1) is 21.8. The summed E-state index contributed by atoms with van der Waals surface area (Å²) in [5.74, 6) is 2.34. The highest BCUT2D eigenvalue weighted by Gasteiger charge is 2.42. The Kier molecular flexibility index (Phi) is 9.92. The Morgan fingerprint density at radius 3 is 2.67 bits per heavy atom. The Morgan fingerprint density at radius 1 is 1.13 bits per heavy atom. The predicted octanol–water partition coefficient (Wildman–Crippen LogP) is 5.91. The molecule has 5 rings (SSSR count). The fraction of sp³-hybridized carbons (Fsp3) is 0.333. The molecule has 12 heteroatoms. The molecule has 2 aromatic carbocycles. The van der Waals surface area contributed by atoms with Crippen molar-refractivity contribution < 1.29 is 28.5 Å². The van der Waals surface area contributed by atoms with Crippen LogP contribution in [-0.4, -0.2) is 65.2 Å². The Bertz CT molecular complexity index is 1690. The van der Waals surface area contributed by atoms with E-state index in [-0.39, 0.29) is 12.6 Å². The maximum absolute atomic E-state index is 13.5. The molecular weight excluding hydrogens is 642 g/mol. The van der Waals surface area contributed by atoms with E-state index < -0.39 is 17.5 Å². The molecule has 236 valence electrons. The summed E-state index contributed by atoms with van der Waals surface area (Å²) in [7, 11) is 4.56. The summed E-state index contributed by atoms with van der Waals surface area (Å²) in [6, 6.07) is 14.8. The molecule has 0 aliphatic carbocycles. The van der Waals surface area contributed by atoms with Crippen LogP contribution in [0.3, 0.4) is 0 Å². The van der Waals surface area contributed by atoms with Gasteiger partial charge in [-0.15, -0.1) is 0 Å². The molecule has 1 amide bonds. The fourth-order valence-electron chi connectivity index (χ4n) is 5.57. The smallest absolute Gasteiger partial charge is 0.410 e. The van der Waals surface area contributed by atoms with Gasteiger partial charge in [0.05, 0.1) is 27.4 Å². The number of methoxy groups -OCH3 is 3. The number of halogens is 1. The summed E-state index contributed by atoms with van der Waals surface area (Å²) in [6.45, 7) is 3.00. The molecule has 1 fully saturated rings. The highest BCUT2D eigenvalue weighted by molar-refractivity contribution is 9.10. The monoisotopic (exact) mass is 677 g/mol. The lowest BCUT2D eigenvalue weighted by atomic mass is 9.78. The first-order valence-electron chi connectivity index (χ1n) is 14.5. The molecule has 0 saturated carbocycles. The highest BCUT2D eigenvalue weighted by atomic mass is 79.9. The second kappa shape index (κ2) is 14.0. The van der Waals surface area contributed by atoms with E-state index in [1.165, 1.54) is 13.2 Å². The number of nitrogens with zero attached hydrogens (tertiary/aromatic N) is 4. The van der Waals surface area contributed by atoms with Crippen molar-refractivity contribution in [3.8, 4) is 11.5 Å². The third-order valence-electron chi connectivity index (χ3n) is 8.00. The second-order valence-corrected chi connectivity index (χ2v) is 11.7. The lowest BCUT2D eigenvalue weighted by Crippen LogP contribution is -2.52. The number of hydrogen-bond acceptors (Lipinski definition) is 9. The van der Waals surface area contributed by atoms with Gasteiger partial charge in [-0.3, -0.25) is 4.40 Å². The van der Waals surface area contributed by atoms with Crippen LogP contribution in [0, 0.1) is 0 Å². The average molecular weight is 679 g/mol. The van der Waals surface area contributed by atoms with Gasteiger partial charge >= 0.3 is 12.1 Å². The van der Waals surface area contributed by atoms with Gasteiger partial charge < -0.3 is 29.2 Å². The summed E-state index contributed by atoms with van der Waals surface area (Å²) in [5.41, 5.74) is 2.05. The van der Waals surface area contributed by atoms with Gasteiger partial charge in [0.15, 0.2) is 5.82 Å². The number of anilines is 1. The Hall–Kier alpha value is -4.58. The number of aromatic nitrogens is 3. The summed E-state index contributed by atoms with van der Waals surface area (Å²) < 4.78 is 24.0. The van der Waals surface area contributed by atoms with Crippen molar-refractivity contribution in [2.75, 3.05) is 33.2 Å². The molecule has 1 N–H and O–H groups in total. The third kappa shape index (κ3) is 7.06. The molecule has 1 saturated heterocycles. The minimum atomic E-state index is -0.547. The molecule has 3 heterocycles. The topological polar surface area (TPSA) is 117 Å². The Morgan fingerprint density at radius 2 is 1.93 bits per heavy atom. The number of piperidine rings is 1. The van der Waals surface area contributed by atoms with Crippen LogP contribution in [0.15, 0.2) is 77.7 Å². The maximum atomic E-state index is 13.5. The zero-order valence-corrected chi connectivity index (χ0v) is 27.2. The lowest BCUT2D eigenvalue weighted by Gasteiger charge is -2.43. The standard InChI is InChI=1S/C33H36BrN5O6/c1-33(15-14-24(11-13-27(40)44-4)39(21-33)32(41)45-20-22-8-6-5-7-9-22)31-37-29(34)28-30(35-16-17-38(28)31)36-19-23-10-12-25(42-2)18-26(23)43-3/h5-13,16-18,24H,14-15,19-21H2,1-4H3,(H,35,36)/b13-11+/t24-,33-/m1/s1. The molecule has 4 aromatic rings. The van der Waals surface area contributed by atoms with Crippen molar-refractivity contribution in [3.63, 3.8) is 0 Å². The molecule has 0 spiro atoms. The zero-order chi connectivity index (χ0) is 32.0. The summed E-state index contributed by atoms with van der Waals surface area (Å²) >= 11 is 3.67. The van der Waals surface area contributed by atoms with E-state index in [2.05, 4.69) is 33.2 Å². The number of amides is 1. The van der Waals surface area contributed by atoms with E-state index in [1.807, 2.05) is 59.1 Å². The lowest BCUT2D eigenvalue weighted by molar-refractivity contribution is -0.134. The van der Waals surface area contributed by atoms with Crippen LogP contribution >= 0.6 is 15.9 Å². The van der Waals surface area contributed by atoms with Crippen LogP contribution in [0.25, 0.3) is 5.52 Å². The molecule has 1 aliphatic rings. The first-order valence-corrected chi connectivity index (χ1v) is 15.3. The van der Waals surface area contributed by atoms with Crippen molar-refractivity contribution in [2.24, 2.45) is 0 Å². The van der Waals surface area contributed by atoms with E-state index in [0.29, 0.717) is 47.9 Å². The molecule has 0 radical (unpaired) electrons. The molecule has 0 unspecified atom stereocenters. The Labute approximate surface area is 270 Å². The van der Waals surface area contributed by atoms with Gasteiger partial charge in [-0.2, -0.15) is 0 Å². The van der Waals surface area contributed by atoms with Gasteiger partial charge in [0.1, 0.15) is 34.1 Å². The van der Waals surface area contributed by atoms with Gasteiger partial charge in [0.2, 0.25) is 0 Å². The number of likely N-dealkylation sites (tertiary alicyclic amines) is 1. The number of ether oxygens (including phenoxy) is 4. The number of esters is 1. The van der Waals surface area contributed by atoms with Crippen LogP contribution in [0.5, 0.6) is 11.5 Å². The van der Waals surface area contributed by atoms with Gasteiger partial charge in [0, 0.05) is 48.6 Å². The number of carbonyl (C=O) groups excluding carboxylic acids is 2. The molecule has 2 atom stereocenters. The number of benzene rings is 2. The number of hydrogen-bond donors (Lipinski definition) is 1. The van der Waals surface area contributed by atoms with Crippen LogP contribution in [0.4, 0.5) is 10.6 Å². The molecule has 2 aromatic heterocycles. The van der Waals surface area contributed by atoms with Crippen molar-refractivity contribution in [1.82, 2.24) is 19.3 Å². The largest absolute Gasteiger partial charge is 0.497 e. The molecule has 1 aliphatic heterocycles. The SMILES string of the molecule is COC(=O)/C=C/[C@@H]1CC[C@@](C)(c2nc(Br)c3c(NCc4ccc(OC)cc4OC)nccn23)CN1C(=O)OCc1ccccc1. The van der Waals surface area contributed by atoms with Gasteiger partial charge in [-0.25, -0.2) is 19.6 Å². The van der Waals surface area contributed by atoms with Crippen LogP contribution < -0.4 is 14.8 Å². The minimum Gasteiger partial charge on any atom is -0.497 e. The molecule has 0 bridgehead atoms. The predicted molar refractivity (Wildman–Crippen MR) is 172 cm³/mol.